The first-order valence-corrected chi connectivity index (χ1v) is 4.19. The molecule has 0 saturated heterocycles. The molecular formula is C12H11. The predicted molar refractivity (Wildman–Crippen MR) is 50.8 cm³/mol. The summed E-state index contributed by atoms with van der Waals surface area (Å²) in [5.74, 6) is 0.381. The van der Waals surface area contributed by atoms with Gasteiger partial charge in [0.2, 0.25) is 0 Å². The molecule has 0 spiro atoms. The van der Waals surface area contributed by atoms with Crippen molar-refractivity contribution in [3.8, 4) is 0 Å². The van der Waals surface area contributed by atoms with Crippen LogP contribution in [0, 0.1) is 6.08 Å². The van der Waals surface area contributed by atoms with Crippen molar-refractivity contribution in [3.05, 3.63) is 59.7 Å². The van der Waals surface area contributed by atoms with Gasteiger partial charge in [0.25, 0.3) is 0 Å². The molecular weight excluding hydrogens is 144 g/mol. The third-order valence-corrected chi connectivity index (χ3v) is 2.08. The van der Waals surface area contributed by atoms with Crippen LogP contribution in [0.2, 0.25) is 0 Å². The fraction of sp³-hybridized carbons (Fsp3) is 0.167. The van der Waals surface area contributed by atoms with Crippen molar-refractivity contribution in [1.29, 1.82) is 0 Å². The first kappa shape index (κ1) is 7.35. The summed E-state index contributed by atoms with van der Waals surface area (Å²) in [6.07, 6.45) is 7.59. The van der Waals surface area contributed by atoms with E-state index in [1.807, 2.05) is 6.07 Å². The molecule has 0 aliphatic heterocycles. The van der Waals surface area contributed by atoms with Gasteiger partial charge in [0.1, 0.15) is 0 Å². The van der Waals surface area contributed by atoms with Crippen LogP contribution in [-0.2, 0) is 0 Å². The summed E-state index contributed by atoms with van der Waals surface area (Å²) in [6, 6.07) is 10.5. The van der Waals surface area contributed by atoms with Crippen molar-refractivity contribution < 1.29 is 0 Å². The van der Waals surface area contributed by atoms with E-state index in [0.717, 1.165) is 0 Å². The Morgan fingerprint density at radius 2 is 1.92 bits per heavy atom. The summed E-state index contributed by atoms with van der Waals surface area (Å²) in [7, 11) is 0. The van der Waals surface area contributed by atoms with Gasteiger partial charge in [0.05, 0.1) is 0 Å². The zero-order chi connectivity index (χ0) is 8.39. The van der Waals surface area contributed by atoms with E-state index in [1.54, 1.807) is 0 Å². The second kappa shape index (κ2) is 2.98. The second-order valence-electron chi connectivity index (χ2n) is 3.11. The lowest BCUT2D eigenvalue weighted by molar-refractivity contribution is 1.07. The lowest BCUT2D eigenvalue weighted by atomic mass is 10.0. The van der Waals surface area contributed by atoms with Crippen LogP contribution in [0.25, 0.3) is 0 Å². The molecule has 0 fully saturated rings. The van der Waals surface area contributed by atoms with E-state index in [1.165, 1.54) is 11.1 Å². The van der Waals surface area contributed by atoms with Gasteiger partial charge in [0, 0.05) is 5.92 Å². The molecule has 1 radical (unpaired) electrons. The van der Waals surface area contributed by atoms with Crippen LogP contribution in [0.5, 0.6) is 0 Å². The van der Waals surface area contributed by atoms with Crippen molar-refractivity contribution in [2.75, 3.05) is 0 Å². The van der Waals surface area contributed by atoms with Crippen molar-refractivity contribution in [2.45, 2.75) is 12.8 Å². The van der Waals surface area contributed by atoms with Crippen LogP contribution in [0.15, 0.2) is 48.1 Å². The Balaban J connectivity index is 2.29. The SMILES string of the molecule is CC1=CC(c2ccccc2)[C]=C1. The Labute approximate surface area is 73.2 Å². The summed E-state index contributed by atoms with van der Waals surface area (Å²) in [5.41, 5.74) is 2.63. The highest BCUT2D eigenvalue weighted by Gasteiger charge is 2.08. The van der Waals surface area contributed by atoms with E-state index in [4.69, 9.17) is 0 Å². The number of hydrogen-bond acceptors (Lipinski definition) is 0. The van der Waals surface area contributed by atoms with Crippen LogP contribution in [0.1, 0.15) is 18.4 Å². The molecule has 0 nitrogen and oxygen atoms in total. The first-order chi connectivity index (χ1) is 5.86. The summed E-state index contributed by atoms with van der Waals surface area (Å²) in [4.78, 5) is 0. The van der Waals surface area contributed by atoms with Gasteiger partial charge < -0.3 is 0 Å². The maximum absolute atomic E-state index is 3.31. The highest BCUT2D eigenvalue weighted by molar-refractivity contribution is 5.35. The maximum atomic E-state index is 3.31. The Bertz CT molecular complexity index is 317. The van der Waals surface area contributed by atoms with Crippen LogP contribution in [0.3, 0.4) is 0 Å². The molecule has 59 valence electrons. The lowest BCUT2D eigenvalue weighted by Crippen LogP contribution is -1.87. The third kappa shape index (κ3) is 1.33. The molecule has 1 aromatic carbocycles. The van der Waals surface area contributed by atoms with Crippen molar-refractivity contribution in [2.24, 2.45) is 0 Å². The van der Waals surface area contributed by atoms with Crippen LogP contribution >= 0.6 is 0 Å². The fourth-order valence-electron chi connectivity index (χ4n) is 1.43. The van der Waals surface area contributed by atoms with E-state index in [2.05, 4.69) is 49.4 Å². The molecule has 2 rings (SSSR count). The Kier molecular flexibility index (Phi) is 1.83. The van der Waals surface area contributed by atoms with E-state index in [0.29, 0.717) is 5.92 Å². The molecule has 0 N–H and O–H groups in total. The highest BCUT2D eigenvalue weighted by Crippen LogP contribution is 2.24. The quantitative estimate of drug-likeness (QED) is 0.584. The minimum absolute atomic E-state index is 0.381. The summed E-state index contributed by atoms with van der Waals surface area (Å²) < 4.78 is 0. The van der Waals surface area contributed by atoms with Gasteiger partial charge >= 0.3 is 0 Å². The molecule has 0 heterocycles. The zero-order valence-electron chi connectivity index (χ0n) is 7.12. The third-order valence-electron chi connectivity index (χ3n) is 2.08. The minimum atomic E-state index is 0.381. The molecule has 0 saturated carbocycles. The normalized spacial score (nSPS) is 21.1. The minimum Gasteiger partial charge on any atom is -0.0697 e. The number of benzene rings is 1. The largest absolute Gasteiger partial charge is 0.0697 e. The van der Waals surface area contributed by atoms with Crippen molar-refractivity contribution in [3.63, 3.8) is 0 Å². The van der Waals surface area contributed by atoms with Gasteiger partial charge in [-0.15, -0.1) is 0 Å². The Morgan fingerprint density at radius 3 is 2.50 bits per heavy atom. The van der Waals surface area contributed by atoms with E-state index in [9.17, 15) is 0 Å². The summed E-state index contributed by atoms with van der Waals surface area (Å²) in [5, 5.41) is 0. The fourth-order valence-corrected chi connectivity index (χ4v) is 1.43. The first-order valence-electron chi connectivity index (χ1n) is 4.19. The molecule has 0 bridgehead atoms. The number of rotatable bonds is 1. The van der Waals surface area contributed by atoms with E-state index >= 15 is 0 Å². The molecule has 1 aromatic rings. The van der Waals surface area contributed by atoms with Crippen molar-refractivity contribution in [1.82, 2.24) is 0 Å². The number of hydrogen-bond donors (Lipinski definition) is 0. The van der Waals surface area contributed by atoms with Gasteiger partial charge in [-0.2, -0.15) is 0 Å². The number of allylic oxidation sites excluding steroid dienone is 4. The standard InChI is InChI=1S/C12H11/c1-10-7-8-12(9-10)11-5-3-2-4-6-11/h2-7,9,12H,1H3. The highest BCUT2D eigenvalue weighted by atomic mass is 14.1. The lowest BCUT2D eigenvalue weighted by Gasteiger charge is -2.03. The topological polar surface area (TPSA) is 0 Å². The Morgan fingerprint density at radius 1 is 1.17 bits per heavy atom. The van der Waals surface area contributed by atoms with E-state index < -0.39 is 0 Å². The van der Waals surface area contributed by atoms with Crippen molar-refractivity contribution >= 4 is 0 Å². The van der Waals surface area contributed by atoms with E-state index in [-0.39, 0.29) is 0 Å². The smallest absolute Gasteiger partial charge is 0.0278 e. The molecule has 0 heteroatoms. The summed E-state index contributed by atoms with van der Waals surface area (Å²) >= 11 is 0. The second-order valence-corrected chi connectivity index (χ2v) is 3.11. The molecule has 12 heavy (non-hydrogen) atoms. The van der Waals surface area contributed by atoms with Crippen LogP contribution in [0.4, 0.5) is 0 Å². The summed E-state index contributed by atoms with van der Waals surface area (Å²) in [6.45, 7) is 2.11. The Hall–Kier alpha value is -1.30. The van der Waals surface area contributed by atoms with Crippen LogP contribution in [-0.4, -0.2) is 0 Å². The zero-order valence-corrected chi connectivity index (χ0v) is 7.12. The van der Waals surface area contributed by atoms with Crippen LogP contribution < -0.4 is 0 Å². The molecule has 1 aliphatic rings. The molecule has 0 aromatic heterocycles. The molecule has 1 aliphatic carbocycles. The van der Waals surface area contributed by atoms with Gasteiger partial charge in [-0.3, -0.25) is 0 Å². The predicted octanol–water partition coefficient (Wildman–Crippen LogP) is 3.09. The molecule has 1 atom stereocenters. The average Bonchev–Trinajstić information content (AvgIpc) is 2.54. The molecule has 1 unspecified atom stereocenters. The monoisotopic (exact) mass is 155 g/mol. The average molecular weight is 155 g/mol. The maximum Gasteiger partial charge on any atom is 0.0278 e. The van der Waals surface area contributed by atoms with Gasteiger partial charge in [0.15, 0.2) is 0 Å². The van der Waals surface area contributed by atoms with Gasteiger partial charge in [-0.25, -0.2) is 0 Å². The van der Waals surface area contributed by atoms with Gasteiger partial charge in [-0.05, 0) is 18.6 Å². The molecule has 0 amide bonds. The van der Waals surface area contributed by atoms with Gasteiger partial charge in [-0.1, -0.05) is 48.1 Å².